The number of nitrogens with one attached hydrogen (secondary N) is 2. The number of rotatable bonds is 14. The number of hydrogen-bond donors (Lipinski definition) is 2. The van der Waals surface area contributed by atoms with Crippen LogP contribution in [0.2, 0.25) is 0 Å². The summed E-state index contributed by atoms with van der Waals surface area (Å²) in [7, 11) is 0. The number of carbonyl (C=O) groups is 4. The summed E-state index contributed by atoms with van der Waals surface area (Å²) in [6, 6.07) is 9.63. The smallest absolute Gasteiger partial charge is 0.345 e. The summed E-state index contributed by atoms with van der Waals surface area (Å²) in [6.07, 6.45) is 29.9. The predicted molar refractivity (Wildman–Crippen MR) is 281 cm³/mol. The van der Waals surface area contributed by atoms with Gasteiger partial charge in [0, 0.05) is 39.1 Å². The lowest BCUT2D eigenvalue weighted by Gasteiger charge is -2.37. The summed E-state index contributed by atoms with van der Waals surface area (Å²) >= 11 is 0. The summed E-state index contributed by atoms with van der Waals surface area (Å²) in [4.78, 5) is 52.5. The van der Waals surface area contributed by atoms with Gasteiger partial charge in [0.25, 0.3) is 0 Å². The molecule has 0 saturated carbocycles. The highest BCUT2D eigenvalue weighted by Crippen LogP contribution is 2.43. The van der Waals surface area contributed by atoms with Gasteiger partial charge in [0.05, 0.1) is 12.1 Å². The van der Waals surface area contributed by atoms with Gasteiger partial charge in [-0.3, -0.25) is 9.59 Å². The molecule has 2 aliphatic carbocycles. The zero-order valence-corrected chi connectivity index (χ0v) is 43.4. The number of ketones is 2. The molecule has 0 spiro atoms. The molecule has 0 amide bonds. The van der Waals surface area contributed by atoms with Crippen LogP contribution in [0.1, 0.15) is 130 Å². The number of esters is 2. The molecule has 2 aromatic rings. The van der Waals surface area contributed by atoms with Crippen molar-refractivity contribution in [2.45, 2.75) is 133 Å². The quantitative estimate of drug-likeness (QED) is 0.139. The van der Waals surface area contributed by atoms with E-state index >= 15 is 0 Å². The summed E-state index contributed by atoms with van der Waals surface area (Å²) in [6.45, 7) is 27.3. The first kappa shape index (κ1) is 52.4. The first-order valence-corrected chi connectivity index (χ1v) is 24.0. The molecule has 0 fully saturated rings. The van der Waals surface area contributed by atoms with E-state index in [0.717, 1.165) is 44.6 Å². The topological polar surface area (TPSA) is 129 Å². The van der Waals surface area contributed by atoms with Crippen molar-refractivity contribution in [1.82, 2.24) is 0 Å². The molecule has 2 heterocycles. The third-order valence-corrected chi connectivity index (χ3v) is 12.8. The van der Waals surface area contributed by atoms with E-state index in [4.69, 9.17) is 18.9 Å². The molecule has 0 aromatic heterocycles. The first-order chi connectivity index (χ1) is 32.7. The fraction of sp³-hybridized carbons (Fsp3) is 0.367. The maximum Gasteiger partial charge on any atom is 0.345 e. The van der Waals surface area contributed by atoms with E-state index in [-0.39, 0.29) is 22.4 Å². The Hall–Kier alpha value is -6.94. The average molecular weight is 947 g/mol. The van der Waals surface area contributed by atoms with Crippen LogP contribution >= 0.6 is 0 Å². The van der Waals surface area contributed by atoms with Crippen LogP contribution in [0.4, 0.5) is 11.4 Å². The van der Waals surface area contributed by atoms with Gasteiger partial charge in [0.2, 0.25) is 11.6 Å². The second-order valence-corrected chi connectivity index (χ2v) is 21.0. The first-order valence-electron chi connectivity index (χ1n) is 24.0. The summed E-state index contributed by atoms with van der Waals surface area (Å²) < 4.78 is 22.4. The van der Waals surface area contributed by atoms with Crippen LogP contribution in [0.3, 0.4) is 0 Å². The van der Waals surface area contributed by atoms with E-state index < -0.39 is 35.6 Å². The van der Waals surface area contributed by atoms with Gasteiger partial charge in [0.1, 0.15) is 22.6 Å². The molecule has 2 aromatic carbocycles. The molecule has 0 radical (unpaired) electrons. The molecule has 70 heavy (non-hydrogen) atoms. The minimum Gasteiger partial charge on any atom is -0.452 e. The number of fused-ring (bicyclic) bond motifs is 2. The molecular weight excluding hydrogens is 877 g/mol. The Balaban J connectivity index is 0.985. The summed E-state index contributed by atoms with van der Waals surface area (Å²) in [5.74, 6) is -1.98. The molecule has 10 heteroatoms. The number of carbonyl (C=O) groups excluding carboxylic acids is 4. The number of benzene rings is 2. The summed E-state index contributed by atoms with van der Waals surface area (Å²) in [5, 5.41) is 6.73. The largest absolute Gasteiger partial charge is 0.452 e. The number of anilines is 2. The van der Waals surface area contributed by atoms with Crippen LogP contribution < -0.4 is 20.1 Å². The molecule has 2 atom stereocenters. The van der Waals surface area contributed by atoms with Gasteiger partial charge in [-0.2, -0.15) is 0 Å². The van der Waals surface area contributed by atoms with Crippen molar-refractivity contribution in [2.75, 3.05) is 10.6 Å². The Labute approximate surface area is 415 Å². The van der Waals surface area contributed by atoms with Gasteiger partial charge >= 0.3 is 11.9 Å². The average Bonchev–Trinajstić information content (AvgIpc) is 3.25. The molecule has 10 nitrogen and oxygen atoms in total. The van der Waals surface area contributed by atoms with Gasteiger partial charge in [-0.15, -0.1) is 0 Å². The number of ether oxygens (including phenoxy) is 4. The minimum atomic E-state index is -1.03. The van der Waals surface area contributed by atoms with E-state index in [2.05, 4.69) is 113 Å². The van der Waals surface area contributed by atoms with Crippen LogP contribution in [0.15, 0.2) is 166 Å². The van der Waals surface area contributed by atoms with E-state index in [1.807, 2.05) is 64.1 Å². The number of cyclic esters (lactones) is 2. The summed E-state index contributed by atoms with van der Waals surface area (Å²) in [5.41, 5.74) is 9.22. The van der Waals surface area contributed by atoms with Crippen LogP contribution in [-0.4, -0.2) is 47.2 Å². The highest BCUT2D eigenvalue weighted by Gasteiger charge is 2.40. The van der Waals surface area contributed by atoms with Crippen LogP contribution in [0, 0.1) is 10.8 Å². The highest BCUT2D eigenvalue weighted by molar-refractivity contribution is 6.04. The predicted octanol–water partition coefficient (Wildman–Crippen LogP) is 13.7. The Morgan fingerprint density at radius 3 is 1.21 bits per heavy atom. The van der Waals surface area contributed by atoms with E-state index in [1.165, 1.54) is 0 Å². The second kappa shape index (κ2) is 21.0. The number of hydrogen-bond acceptors (Lipinski definition) is 10. The van der Waals surface area contributed by atoms with Gasteiger partial charge in [-0.05, 0) is 124 Å². The minimum absolute atomic E-state index is 0.0303. The van der Waals surface area contributed by atoms with Crippen molar-refractivity contribution < 1.29 is 38.1 Å². The Morgan fingerprint density at radius 1 is 0.500 bits per heavy atom. The fourth-order valence-electron chi connectivity index (χ4n) is 9.20. The molecule has 0 saturated heterocycles. The third-order valence-electron chi connectivity index (χ3n) is 12.8. The van der Waals surface area contributed by atoms with Crippen LogP contribution in [0.25, 0.3) is 0 Å². The number of allylic oxidation sites excluding steroid dienone is 20. The van der Waals surface area contributed by atoms with Gasteiger partial charge in [-0.1, -0.05) is 135 Å². The van der Waals surface area contributed by atoms with Crippen molar-refractivity contribution >= 4 is 34.9 Å². The van der Waals surface area contributed by atoms with Gasteiger partial charge < -0.3 is 29.6 Å². The van der Waals surface area contributed by atoms with Crippen molar-refractivity contribution in [2.24, 2.45) is 10.8 Å². The molecule has 2 unspecified atom stereocenters. The van der Waals surface area contributed by atoms with Crippen LogP contribution in [-0.2, 0) is 19.1 Å². The normalized spacial score (nSPS) is 22.7. The zero-order valence-electron chi connectivity index (χ0n) is 43.4. The van der Waals surface area contributed by atoms with Crippen LogP contribution in [0.5, 0.6) is 11.5 Å². The van der Waals surface area contributed by atoms with E-state index in [9.17, 15) is 19.2 Å². The molecule has 2 N–H and O–H groups in total. The maximum absolute atomic E-state index is 13.6. The third kappa shape index (κ3) is 13.0. The highest BCUT2D eigenvalue weighted by atomic mass is 16.7. The van der Waals surface area contributed by atoms with Crippen molar-refractivity contribution in [3.05, 3.63) is 177 Å². The zero-order chi connectivity index (χ0) is 51.3. The monoisotopic (exact) mass is 947 g/mol. The SMILES string of the molecule is CC(C=CC=C(C)C=CC1=C(C)C(=O)C(Nc2ccc3c(c2)C(=O)OC(C)(C)O3)CC1(C)C)=CC=CC=C(C)C=CC=C(C)C=CC1=C(C)C(=O)C(Nc2ccc3c(c2)C(=O)OC(C)(C)O3)CC1(C)C. The standard InChI is InChI=1S/C60H70N2O8/c1-37(21-17-23-39(3)25-29-47-41(5)53(63)49(35-57(47,7)8)61-43-27-31-51-45(33-43)55(65)69-59(11,12)67-51)19-15-16-20-38(2)22-18-24-40(4)26-30-48-42(6)54(64)50(36-58(48,9)10)62-44-28-32-52-46(34-44)56(66)70-60(13,14)68-52/h15-34,49-50,61-62H,35-36H2,1-14H3. The lowest BCUT2D eigenvalue weighted by molar-refractivity contribution is -0.128. The molecule has 4 aliphatic rings. The van der Waals surface area contributed by atoms with E-state index in [0.29, 0.717) is 46.8 Å². The molecule has 0 bridgehead atoms. The van der Waals surface area contributed by atoms with Crippen molar-refractivity contribution in [3.8, 4) is 11.5 Å². The van der Waals surface area contributed by atoms with E-state index in [1.54, 1.807) is 52.0 Å². The lowest BCUT2D eigenvalue weighted by atomic mass is 9.70. The lowest BCUT2D eigenvalue weighted by Crippen LogP contribution is -2.41. The fourth-order valence-corrected chi connectivity index (χ4v) is 9.20. The Bertz CT molecular complexity index is 2620. The Morgan fingerprint density at radius 2 is 0.843 bits per heavy atom. The van der Waals surface area contributed by atoms with Gasteiger partial charge in [0.15, 0.2) is 11.6 Å². The molecule has 2 aliphatic heterocycles. The van der Waals surface area contributed by atoms with Crippen molar-refractivity contribution in [1.29, 1.82) is 0 Å². The van der Waals surface area contributed by atoms with Gasteiger partial charge in [-0.25, -0.2) is 9.59 Å². The number of Topliss-reactive ketones (excluding diaryl/α,β-unsaturated/α-hetero) is 2. The molecule has 368 valence electrons. The van der Waals surface area contributed by atoms with Crippen molar-refractivity contribution in [3.63, 3.8) is 0 Å². The Kier molecular flexibility index (Phi) is 15.7. The molecule has 6 rings (SSSR count). The maximum atomic E-state index is 13.6. The molecular formula is C60H70N2O8. The second-order valence-electron chi connectivity index (χ2n) is 21.0.